The van der Waals surface area contributed by atoms with Gasteiger partial charge in [0, 0.05) is 37.4 Å². The molecule has 0 saturated carbocycles. The first-order valence-corrected chi connectivity index (χ1v) is 18.3. The van der Waals surface area contributed by atoms with Crippen molar-refractivity contribution >= 4 is 44.7 Å². The third-order valence-corrected chi connectivity index (χ3v) is 11.1. The first-order chi connectivity index (χ1) is 25.7. The fraction of sp³-hybridized carbons (Fsp3) is 0.0426. The Morgan fingerprint density at radius 3 is 1.92 bits per heavy atom. The molecule has 0 radical (unpaired) electrons. The highest BCUT2D eigenvalue weighted by Gasteiger charge is 2.16. The van der Waals surface area contributed by atoms with E-state index in [0.717, 1.165) is 51.2 Å². The number of oxazole rings is 1. The third kappa shape index (κ3) is 5.62. The molecule has 1 unspecified atom stereocenters. The Kier molecular flexibility index (Phi) is 7.43. The van der Waals surface area contributed by atoms with Crippen LogP contribution in [0.5, 0.6) is 0 Å². The molecule has 1 atom stereocenters. The smallest absolute Gasteiger partial charge is 0.227 e. The molecule has 5 heteroatoms. The van der Waals surface area contributed by atoms with Crippen molar-refractivity contribution in [3.63, 3.8) is 0 Å². The number of rotatable bonds is 6. The molecule has 6 aromatic carbocycles. The van der Waals surface area contributed by atoms with E-state index < -0.39 is 0 Å². The van der Waals surface area contributed by atoms with Crippen molar-refractivity contribution in [2.75, 3.05) is 0 Å². The Hall–Kier alpha value is -6.43. The van der Waals surface area contributed by atoms with Gasteiger partial charge < -0.3 is 4.42 Å². The third-order valence-electron chi connectivity index (χ3n) is 9.92. The number of thiophene rings is 1. The number of benzene rings is 6. The summed E-state index contributed by atoms with van der Waals surface area (Å²) in [5.74, 6) is 1.60. The average Bonchev–Trinajstić information content (AvgIpc) is 3.83. The Morgan fingerprint density at radius 1 is 0.538 bits per heavy atom. The van der Waals surface area contributed by atoms with E-state index in [4.69, 9.17) is 14.4 Å². The minimum atomic E-state index is 0.342. The van der Waals surface area contributed by atoms with Crippen LogP contribution in [0.25, 0.3) is 89.8 Å². The normalized spacial score (nSPS) is 13.8. The lowest BCUT2D eigenvalue weighted by molar-refractivity contribution is 0.620. The van der Waals surface area contributed by atoms with Crippen LogP contribution >= 0.6 is 11.3 Å². The van der Waals surface area contributed by atoms with Crippen LogP contribution in [0.3, 0.4) is 0 Å². The summed E-state index contributed by atoms with van der Waals surface area (Å²) in [6, 6.07) is 54.8. The summed E-state index contributed by atoms with van der Waals surface area (Å²) in [4.78, 5) is 14.9. The summed E-state index contributed by atoms with van der Waals surface area (Å²) < 4.78 is 8.75. The molecule has 0 amide bonds. The van der Waals surface area contributed by atoms with Crippen LogP contribution in [-0.2, 0) is 0 Å². The van der Waals surface area contributed by atoms with Gasteiger partial charge >= 0.3 is 0 Å². The molecule has 0 spiro atoms. The first-order valence-electron chi connectivity index (χ1n) is 17.5. The van der Waals surface area contributed by atoms with E-state index in [1.54, 1.807) is 0 Å². The maximum absolute atomic E-state index is 6.03. The maximum Gasteiger partial charge on any atom is 0.227 e. The number of hydrogen-bond donors (Lipinski definition) is 0. The van der Waals surface area contributed by atoms with Gasteiger partial charge in [-0.2, -0.15) is 0 Å². The fourth-order valence-corrected chi connectivity index (χ4v) is 8.35. The minimum Gasteiger partial charge on any atom is -0.436 e. The Balaban J connectivity index is 1.01. The predicted octanol–water partition coefficient (Wildman–Crippen LogP) is 10.9. The Bertz CT molecular complexity index is 2820. The Labute approximate surface area is 304 Å². The summed E-state index contributed by atoms with van der Waals surface area (Å²) in [5, 5.41) is 2.74. The molecule has 3 heterocycles. The quantitative estimate of drug-likeness (QED) is 0.175. The molecule has 10 rings (SSSR count). The van der Waals surface area contributed by atoms with Gasteiger partial charge in [0.15, 0.2) is 11.4 Å². The molecule has 1 aliphatic carbocycles. The van der Waals surface area contributed by atoms with Crippen molar-refractivity contribution < 1.29 is 4.42 Å². The van der Waals surface area contributed by atoms with E-state index in [1.165, 1.54) is 36.5 Å². The Morgan fingerprint density at radius 2 is 1.15 bits per heavy atom. The molecular formula is C47H31N3OS. The first kappa shape index (κ1) is 30.4. The highest BCUT2D eigenvalue weighted by atomic mass is 32.1. The largest absolute Gasteiger partial charge is 0.436 e. The lowest BCUT2D eigenvalue weighted by Crippen LogP contribution is -2.23. The van der Waals surface area contributed by atoms with Crippen molar-refractivity contribution in [2.24, 2.45) is 0 Å². The van der Waals surface area contributed by atoms with Gasteiger partial charge in [-0.3, -0.25) is 0 Å². The van der Waals surface area contributed by atoms with E-state index in [9.17, 15) is 0 Å². The fourth-order valence-electron chi connectivity index (χ4n) is 7.14. The molecule has 0 saturated heterocycles. The molecule has 0 fully saturated rings. The summed E-state index contributed by atoms with van der Waals surface area (Å²) in [7, 11) is 0. The van der Waals surface area contributed by atoms with Crippen LogP contribution in [0.2, 0.25) is 0 Å². The molecule has 246 valence electrons. The van der Waals surface area contributed by atoms with Gasteiger partial charge in [0.25, 0.3) is 0 Å². The van der Waals surface area contributed by atoms with Crippen molar-refractivity contribution in [2.45, 2.75) is 12.3 Å². The highest BCUT2D eigenvalue weighted by Crippen LogP contribution is 2.33. The van der Waals surface area contributed by atoms with E-state index >= 15 is 0 Å². The highest BCUT2D eigenvalue weighted by molar-refractivity contribution is 7.17. The van der Waals surface area contributed by atoms with Gasteiger partial charge in [-0.1, -0.05) is 133 Å². The van der Waals surface area contributed by atoms with E-state index in [1.807, 2.05) is 65.9 Å². The number of aromatic nitrogens is 3. The van der Waals surface area contributed by atoms with Crippen LogP contribution in [0.4, 0.5) is 0 Å². The topological polar surface area (TPSA) is 51.8 Å². The second kappa shape index (κ2) is 12.7. The van der Waals surface area contributed by atoms with Crippen LogP contribution in [-0.4, -0.2) is 15.0 Å². The van der Waals surface area contributed by atoms with E-state index in [-0.39, 0.29) is 0 Å². The number of para-hydroxylation sites is 2. The molecule has 52 heavy (non-hydrogen) atoms. The average molecular weight is 686 g/mol. The van der Waals surface area contributed by atoms with Crippen molar-refractivity contribution in [3.8, 4) is 56.5 Å². The van der Waals surface area contributed by atoms with Crippen LogP contribution < -0.4 is 9.75 Å². The minimum absolute atomic E-state index is 0.342. The van der Waals surface area contributed by atoms with Gasteiger partial charge in [-0.15, -0.1) is 11.3 Å². The molecule has 4 nitrogen and oxygen atoms in total. The molecule has 9 aromatic rings. The van der Waals surface area contributed by atoms with Crippen molar-refractivity contribution in [1.29, 1.82) is 0 Å². The molecule has 0 aliphatic heterocycles. The SMILES string of the molecule is C1=c2sc3ccccc3c2=CCC1c1ccc(-c2cc(-c3ccc(-c4ccccc4)cc3)nc(-c3ccc(-c4nc5ccccc5o4)cc3)n2)cc1. The zero-order chi connectivity index (χ0) is 34.4. The zero-order valence-electron chi connectivity index (χ0n) is 28.1. The zero-order valence-corrected chi connectivity index (χ0v) is 28.9. The van der Waals surface area contributed by atoms with Crippen LogP contribution in [0.15, 0.2) is 162 Å². The summed E-state index contributed by atoms with van der Waals surface area (Å²) in [5.41, 5.74) is 11.0. The van der Waals surface area contributed by atoms with E-state index in [0.29, 0.717) is 17.6 Å². The molecular weight excluding hydrogens is 655 g/mol. The summed E-state index contributed by atoms with van der Waals surface area (Å²) in [6.45, 7) is 0. The summed E-state index contributed by atoms with van der Waals surface area (Å²) in [6.07, 6.45) is 5.85. The molecule has 0 N–H and O–H groups in total. The van der Waals surface area contributed by atoms with Gasteiger partial charge in [0.1, 0.15) is 5.52 Å². The second-order valence-corrected chi connectivity index (χ2v) is 14.3. The molecule has 0 bridgehead atoms. The number of hydrogen-bond acceptors (Lipinski definition) is 5. The van der Waals surface area contributed by atoms with E-state index in [2.05, 4.69) is 120 Å². The van der Waals surface area contributed by atoms with Gasteiger partial charge in [-0.25, -0.2) is 15.0 Å². The summed E-state index contributed by atoms with van der Waals surface area (Å²) >= 11 is 1.88. The predicted molar refractivity (Wildman–Crippen MR) is 214 cm³/mol. The molecule has 3 aromatic heterocycles. The number of fused-ring (bicyclic) bond motifs is 4. The lowest BCUT2D eigenvalue weighted by atomic mass is 9.91. The van der Waals surface area contributed by atoms with Gasteiger partial charge in [0.2, 0.25) is 5.89 Å². The number of nitrogens with zero attached hydrogens (tertiary/aromatic N) is 3. The lowest BCUT2D eigenvalue weighted by Gasteiger charge is -2.15. The van der Waals surface area contributed by atoms with Crippen LogP contribution in [0.1, 0.15) is 17.9 Å². The maximum atomic E-state index is 6.03. The van der Waals surface area contributed by atoms with Crippen molar-refractivity contribution in [1.82, 2.24) is 15.0 Å². The van der Waals surface area contributed by atoms with Gasteiger partial charge in [0.05, 0.1) is 11.4 Å². The van der Waals surface area contributed by atoms with Gasteiger partial charge in [-0.05, 0) is 70.1 Å². The van der Waals surface area contributed by atoms with Crippen LogP contribution in [0, 0.1) is 0 Å². The standard InChI is InChI=1S/C47H31N3OS/c1-2-8-30(9-3-1)31-14-18-33(19-15-31)41-29-42(49-46(48-41)35-22-24-36(25-23-35)47-50-40-11-5-6-12-43(40)51-47)34-20-16-32(17-21-34)37-26-27-39-38-10-4-7-13-44(38)52-45(39)28-37/h1-25,27-29,37H,26H2. The monoisotopic (exact) mass is 685 g/mol. The van der Waals surface area contributed by atoms with Crippen molar-refractivity contribution in [3.05, 3.63) is 173 Å². The molecule has 1 aliphatic rings. The second-order valence-electron chi connectivity index (χ2n) is 13.2.